The van der Waals surface area contributed by atoms with Crippen molar-refractivity contribution in [3.05, 3.63) is 69.7 Å². The SMILES string of the molecule is CC(NCc1ccc2c(c1)CCC2)c1ccccc1Cl. The molecule has 0 heterocycles. The smallest absolute Gasteiger partial charge is 0.0453 e. The molecule has 0 fully saturated rings. The monoisotopic (exact) mass is 285 g/mol. The first-order chi connectivity index (χ1) is 9.74. The molecule has 0 aromatic heterocycles. The number of rotatable bonds is 4. The van der Waals surface area contributed by atoms with Gasteiger partial charge in [-0.3, -0.25) is 0 Å². The molecule has 2 aromatic rings. The highest BCUT2D eigenvalue weighted by Gasteiger charge is 2.12. The van der Waals surface area contributed by atoms with E-state index in [1.807, 2.05) is 18.2 Å². The van der Waals surface area contributed by atoms with Crippen LogP contribution in [0.5, 0.6) is 0 Å². The van der Waals surface area contributed by atoms with Gasteiger partial charge in [-0.1, -0.05) is 48.0 Å². The van der Waals surface area contributed by atoms with Crippen LogP contribution in [0.2, 0.25) is 5.02 Å². The van der Waals surface area contributed by atoms with Gasteiger partial charge in [0.1, 0.15) is 0 Å². The lowest BCUT2D eigenvalue weighted by Crippen LogP contribution is -2.18. The highest BCUT2D eigenvalue weighted by molar-refractivity contribution is 6.31. The largest absolute Gasteiger partial charge is 0.306 e. The molecule has 0 saturated heterocycles. The molecule has 1 N–H and O–H groups in total. The number of aryl methyl sites for hydroxylation is 2. The summed E-state index contributed by atoms with van der Waals surface area (Å²) >= 11 is 6.24. The standard InChI is InChI=1S/C18H20ClN/c1-13(17-7-2-3-8-18(17)19)20-12-14-9-10-15-5-4-6-16(15)11-14/h2-3,7-11,13,20H,4-6,12H2,1H3. The Labute approximate surface area is 126 Å². The molecule has 104 valence electrons. The summed E-state index contributed by atoms with van der Waals surface area (Å²) in [5.74, 6) is 0. The second-order valence-electron chi connectivity index (χ2n) is 5.58. The predicted molar refractivity (Wildman–Crippen MR) is 85.2 cm³/mol. The second kappa shape index (κ2) is 5.99. The van der Waals surface area contributed by atoms with Gasteiger partial charge < -0.3 is 5.32 Å². The van der Waals surface area contributed by atoms with E-state index in [1.165, 1.54) is 36.0 Å². The molecule has 1 atom stereocenters. The van der Waals surface area contributed by atoms with Crippen LogP contribution in [0.1, 0.15) is 41.6 Å². The molecule has 0 aliphatic heterocycles. The van der Waals surface area contributed by atoms with Gasteiger partial charge in [0.05, 0.1) is 0 Å². The highest BCUT2D eigenvalue weighted by atomic mass is 35.5. The van der Waals surface area contributed by atoms with Crippen molar-refractivity contribution in [1.29, 1.82) is 0 Å². The average Bonchev–Trinajstić information content (AvgIpc) is 2.92. The minimum atomic E-state index is 0.261. The molecule has 2 heteroatoms. The van der Waals surface area contributed by atoms with E-state index in [0.29, 0.717) is 0 Å². The van der Waals surface area contributed by atoms with Crippen molar-refractivity contribution in [3.8, 4) is 0 Å². The van der Waals surface area contributed by atoms with E-state index in [1.54, 1.807) is 0 Å². The van der Waals surface area contributed by atoms with Crippen LogP contribution in [0.3, 0.4) is 0 Å². The Morgan fingerprint density at radius 1 is 1.10 bits per heavy atom. The van der Waals surface area contributed by atoms with E-state index in [-0.39, 0.29) is 6.04 Å². The molecule has 1 unspecified atom stereocenters. The first-order valence-electron chi connectivity index (χ1n) is 7.32. The van der Waals surface area contributed by atoms with Gasteiger partial charge in [0, 0.05) is 17.6 Å². The van der Waals surface area contributed by atoms with Gasteiger partial charge in [-0.05, 0) is 54.5 Å². The van der Waals surface area contributed by atoms with E-state index < -0.39 is 0 Å². The Bertz CT molecular complexity index is 606. The lowest BCUT2D eigenvalue weighted by atomic mass is 10.1. The van der Waals surface area contributed by atoms with Crippen LogP contribution in [0.4, 0.5) is 0 Å². The third kappa shape index (κ3) is 2.89. The molecule has 0 spiro atoms. The maximum atomic E-state index is 6.24. The van der Waals surface area contributed by atoms with Gasteiger partial charge in [0.25, 0.3) is 0 Å². The Kier molecular flexibility index (Phi) is 4.09. The number of benzene rings is 2. The quantitative estimate of drug-likeness (QED) is 0.860. The summed E-state index contributed by atoms with van der Waals surface area (Å²) in [6.45, 7) is 3.05. The number of fused-ring (bicyclic) bond motifs is 1. The van der Waals surface area contributed by atoms with E-state index in [2.05, 4.69) is 36.5 Å². The summed E-state index contributed by atoms with van der Waals surface area (Å²) in [7, 11) is 0. The molecule has 20 heavy (non-hydrogen) atoms. The Balaban J connectivity index is 1.66. The van der Waals surface area contributed by atoms with Crippen molar-refractivity contribution in [2.24, 2.45) is 0 Å². The number of hydrogen-bond donors (Lipinski definition) is 1. The molecule has 2 aromatic carbocycles. The Morgan fingerprint density at radius 3 is 2.75 bits per heavy atom. The Morgan fingerprint density at radius 2 is 1.90 bits per heavy atom. The fourth-order valence-corrected chi connectivity index (χ4v) is 3.24. The molecule has 1 nitrogen and oxygen atoms in total. The van der Waals surface area contributed by atoms with Crippen LogP contribution >= 0.6 is 11.6 Å². The minimum absolute atomic E-state index is 0.261. The summed E-state index contributed by atoms with van der Waals surface area (Å²) in [4.78, 5) is 0. The van der Waals surface area contributed by atoms with Crippen LogP contribution in [-0.4, -0.2) is 0 Å². The summed E-state index contributed by atoms with van der Waals surface area (Å²) < 4.78 is 0. The van der Waals surface area contributed by atoms with E-state index in [0.717, 1.165) is 17.1 Å². The van der Waals surface area contributed by atoms with Crippen LogP contribution < -0.4 is 5.32 Å². The van der Waals surface area contributed by atoms with E-state index in [9.17, 15) is 0 Å². The zero-order chi connectivity index (χ0) is 13.9. The van der Waals surface area contributed by atoms with Crippen molar-refractivity contribution >= 4 is 11.6 Å². The molecule has 0 bridgehead atoms. The topological polar surface area (TPSA) is 12.0 Å². The fourth-order valence-electron chi connectivity index (χ4n) is 2.94. The zero-order valence-corrected chi connectivity index (χ0v) is 12.6. The first kappa shape index (κ1) is 13.7. The molecule has 0 radical (unpaired) electrons. The van der Waals surface area contributed by atoms with Gasteiger partial charge in [0.2, 0.25) is 0 Å². The maximum absolute atomic E-state index is 6.24. The Hall–Kier alpha value is -1.31. The summed E-state index contributed by atoms with van der Waals surface area (Å²) in [6.07, 6.45) is 3.80. The summed E-state index contributed by atoms with van der Waals surface area (Å²) in [5, 5.41) is 4.40. The third-order valence-electron chi connectivity index (χ3n) is 4.15. The summed E-state index contributed by atoms with van der Waals surface area (Å²) in [5.41, 5.74) is 5.60. The molecule has 0 saturated carbocycles. The lowest BCUT2D eigenvalue weighted by Gasteiger charge is -2.16. The van der Waals surface area contributed by atoms with Gasteiger partial charge in [-0.15, -0.1) is 0 Å². The van der Waals surface area contributed by atoms with E-state index >= 15 is 0 Å². The fraction of sp³-hybridized carbons (Fsp3) is 0.333. The number of nitrogens with one attached hydrogen (secondary N) is 1. The maximum Gasteiger partial charge on any atom is 0.0453 e. The molecular weight excluding hydrogens is 266 g/mol. The van der Waals surface area contributed by atoms with Crippen molar-refractivity contribution in [2.45, 2.75) is 38.8 Å². The molecular formula is C18H20ClN. The highest BCUT2D eigenvalue weighted by Crippen LogP contribution is 2.24. The van der Waals surface area contributed by atoms with Gasteiger partial charge in [-0.25, -0.2) is 0 Å². The van der Waals surface area contributed by atoms with Crippen LogP contribution in [0, 0.1) is 0 Å². The predicted octanol–water partition coefficient (Wildman–Crippen LogP) is 4.68. The van der Waals surface area contributed by atoms with Crippen molar-refractivity contribution in [3.63, 3.8) is 0 Å². The number of hydrogen-bond acceptors (Lipinski definition) is 1. The van der Waals surface area contributed by atoms with Gasteiger partial charge in [-0.2, -0.15) is 0 Å². The van der Waals surface area contributed by atoms with Gasteiger partial charge in [0.15, 0.2) is 0 Å². The minimum Gasteiger partial charge on any atom is -0.306 e. The van der Waals surface area contributed by atoms with Gasteiger partial charge >= 0.3 is 0 Å². The number of halogens is 1. The third-order valence-corrected chi connectivity index (χ3v) is 4.49. The van der Waals surface area contributed by atoms with Crippen LogP contribution in [-0.2, 0) is 19.4 Å². The van der Waals surface area contributed by atoms with E-state index in [4.69, 9.17) is 11.6 Å². The lowest BCUT2D eigenvalue weighted by molar-refractivity contribution is 0.574. The molecule has 0 amide bonds. The second-order valence-corrected chi connectivity index (χ2v) is 5.99. The molecule has 1 aliphatic carbocycles. The summed E-state index contributed by atoms with van der Waals surface area (Å²) in [6, 6.07) is 15.2. The van der Waals surface area contributed by atoms with Crippen LogP contribution in [0.15, 0.2) is 42.5 Å². The molecule has 3 rings (SSSR count). The zero-order valence-electron chi connectivity index (χ0n) is 11.8. The molecule has 1 aliphatic rings. The van der Waals surface area contributed by atoms with Crippen molar-refractivity contribution in [1.82, 2.24) is 5.32 Å². The normalized spacial score (nSPS) is 15.1. The average molecular weight is 286 g/mol. The van der Waals surface area contributed by atoms with Crippen LogP contribution in [0.25, 0.3) is 0 Å². The van der Waals surface area contributed by atoms with Crippen molar-refractivity contribution < 1.29 is 0 Å². The van der Waals surface area contributed by atoms with Crippen molar-refractivity contribution in [2.75, 3.05) is 0 Å². The first-order valence-corrected chi connectivity index (χ1v) is 7.70.